The average Bonchev–Trinajstić information content (AvgIpc) is 3.66. The minimum Gasteiger partial charge on any atom is -0.494 e. The fourth-order valence-corrected chi connectivity index (χ4v) is 4.77. The molecule has 184 valence electrons. The Morgan fingerprint density at radius 3 is 2.36 bits per heavy atom. The van der Waals surface area contributed by atoms with Crippen LogP contribution in [0.1, 0.15) is 32.6 Å². The van der Waals surface area contributed by atoms with Gasteiger partial charge >= 0.3 is 0 Å². The number of benzene rings is 1. The topological polar surface area (TPSA) is 112 Å². The van der Waals surface area contributed by atoms with Crippen molar-refractivity contribution in [3.05, 3.63) is 61.1 Å². The number of hydrogen-bond acceptors (Lipinski definition) is 9. The van der Waals surface area contributed by atoms with Gasteiger partial charge in [-0.15, -0.1) is 10.2 Å². The molecule has 0 bridgehead atoms. The summed E-state index contributed by atoms with van der Waals surface area (Å²) in [5.41, 5.74) is 1.37. The lowest BCUT2D eigenvalue weighted by Gasteiger charge is -2.15. The number of thioether (sulfide) groups is 1. The van der Waals surface area contributed by atoms with E-state index in [-0.39, 0.29) is 23.4 Å². The molecular weight excluding hydrogens is 480 g/mol. The zero-order valence-electron chi connectivity index (χ0n) is 19.6. The lowest BCUT2D eigenvalue weighted by Crippen LogP contribution is -2.31. The van der Waals surface area contributed by atoms with Crippen molar-refractivity contribution in [2.24, 2.45) is 0 Å². The summed E-state index contributed by atoms with van der Waals surface area (Å²) in [6.45, 7) is 2.78. The largest absolute Gasteiger partial charge is 0.494 e. The maximum atomic E-state index is 13.2. The molecule has 4 aromatic rings. The van der Waals surface area contributed by atoms with Crippen molar-refractivity contribution in [1.29, 1.82) is 0 Å². The van der Waals surface area contributed by atoms with Crippen LogP contribution in [0.2, 0.25) is 0 Å². The van der Waals surface area contributed by atoms with Crippen molar-refractivity contribution >= 4 is 29.3 Å². The van der Waals surface area contributed by atoms with Crippen molar-refractivity contribution in [2.75, 3.05) is 11.5 Å². The van der Waals surface area contributed by atoms with Crippen molar-refractivity contribution in [3.8, 4) is 28.7 Å². The third-order valence-corrected chi connectivity index (χ3v) is 6.68. The molecule has 10 heteroatoms. The Labute approximate surface area is 211 Å². The molecule has 5 rings (SSSR count). The molecule has 1 aromatic carbocycles. The van der Waals surface area contributed by atoms with Gasteiger partial charge in [0.15, 0.2) is 17.2 Å². The summed E-state index contributed by atoms with van der Waals surface area (Å²) < 4.78 is 16.7. The first kappa shape index (κ1) is 23.8. The van der Waals surface area contributed by atoms with Crippen LogP contribution < -0.4 is 9.64 Å². The monoisotopic (exact) mass is 504 g/mol. The van der Waals surface area contributed by atoms with Gasteiger partial charge in [0.05, 0.1) is 24.8 Å². The first-order chi connectivity index (χ1) is 17.6. The van der Waals surface area contributed by atoms with Gasteiger partial charge in [-0.25, -0.2) is 9.88 Å². The Hall–Kier alpha value is -3.92. The second-order valence-electron chi connectivity index (χ2n) is 8.17. The van der Waals surface area contributed by atoms with Crippen LogP contribution in [0.25, 0.3) is 22.9 Å². The molecule has 1 atom stereocenters. The van der Waals surface area contributed by atoms with E-state index in [2.05, 4.69) is 22.1 Å². The molecule has 0 aliphatic carbocycles. The van der Waals surface area contributed by atoms with E-state index in [1.54, 1.807) is 48.5 Å². The molecule has 0 spiro atoms. The lowest BCUT2D eigenvalue weighted by atomic mass is 10.2. The first-order valence-corrected chi connectivity index (χ1v) is 12.6. The van der Waals surface area contributed by atoms with E-state index in [4.69, 9.17) is 13.6 Å². The highest BCUT2D eigenvalue weighted by Crippen LogP contribution is 2.35. The summed E-state index contributed by atoms with van der Waals surface area (Å²) in [5, 5.41) is 8.06. The SMILES string of the molecule is CCCCCOc1ccc(N2C(=O)C[C@H](Sc3nnc(-c4ccco4)c(-c4ccco4)n3)C2=O)cc1. The number of rotatable bonds is 10. The second-order valence-corrected chi connectivity index (χ2v) is 9.34. The van der Waals surface area contributed by atoms with Gasteiger partial charge < -0.3 is 13.6 Å². The van der Waals surface area contributed by atoms with E-state index in [1.807, 2.05) is 0 Å². The zero-order chi connectivity index (χ0) is 24.9. The third kappa shape index (κ3) is 5.03. The molecule has 0 unspecified atom stereocenters. The van der Waals surface area contributed by atoms with Gasteiger partial charge in [0, 0.05) is 6.42 Å². The molecule has 0 radical (unpaired) electrons. The van der Waals surface area contributed by atoms with Crippen LogP contribution in [0, 0.1) is 0 Å². The van der Waals surface area contributed by atoms with E-state index in [0.29, 0.717) is 41.0 Å². The number of carbonyl (C=O) groups excluding carboxylic acids is 2. The fraction of sp³-hybridized carbons (Fsp3) is 0.269. The van der Waals surface area contributed by atoms with Crippen LogP contribution in [0.5, 0.6) is 5.75 Å². The zero-order valence-corrected chi connectivity index (χ0v) is 20.4. The van der Waals surface area contributed by atoms with Gasteiger partial charge in [0.25, 0.3) is 0 Å². The Kier molecular flexibility index (Phi) is 7.13. The number of furan rings is 2. The predicted octanol–water partition coefficient (Wildman–Crippen LogP) is 5.38. The quantitative estimate of drug-likeness (QED) is 0.207. The highest BCUT2D eigenvalue weighted by atomic mass is 32.2. The predicted molar refractivity (Wildman–Crippen MR) is 133 cm³/mol. The van der Waals surface area contributed by atoms with Gasteiger partial charge in [0.2, 0.25) is 17.0 Å². The lowest BCUT2D eigenvalue weighted by molar-refractivity contribution is -0.121. The molecule has 3 aromatic heterocycles. The van der Waals surface area contributed by atoms with E-state index in [0.717, 1.165) is 31.0 Å². The van der Waals surface area contributed by atoms with Crippen molar-refractivity contribution in [3.63, 3.8) is 0 Å². The summed E-state index contributed by atoms with van der Waals surface area (Å²) >= 11 is 1.10. The molecule has 1 saturated heterocycles. The van der Waals surface area contributed by atoms with Gasteiger partial charge in [-0.2, -0.15) is 0 Å². The first-order valence-electron chi connectivity index (χ1n) is 11.7. The fourth-order valence-electron chi connectivity index (χ4n) is 3.85. The van der Waals surface area contributed by atoms with Gasteiger partial charge in [-0.05, 0) is 55.0 Å². The van der Waals surface area contributed by atoms with Crippen LogP contribution in [-0.2, 0) is 9.59 Å². The van der Waals surface area contributed by atoms with Crippen molar-refractivity contribution in [1.82, 2.24) is 15.2 Å². The summed E-state index contributed by atoms with van der Waals surface area (Å²) in [6, 6.07) is 14.0. The third-order valence-electron chi connectivity index (χ3n) is 5.64. The number of imide groups is 1. The van der Waals surface area contributed by atoms with Crippen LogP contribution in [0.15, 0.2) is 75.0 Å². The molecule has 36 heavy (non-hydrogen) atoms. The van der Waals surface area contributed by atoms with Crippen molar-refractivity contribution < 1.29 is 23.2 Å². The number of amides is 2. The number of aromatic nitrogens is 3. The summed E-state index contributed by atoms with van der Waals surface area (Å²) in [6.07, 6.45) is 6.34. The number of unbranched alkanes of at least 4 members (excludes halogenated alkanes) is 2. The van der Waals surface area contributed by atoms with Gasteiger partial charge in [-0.3, -0.25) is 9.59 Å². The number of anilines is 1. The molecule has 4 heterocycles. The van der Waals surface area contributed by atoms with E-state index in [1.165, 1.54) is 17.4 Å². The molecule has 1 aliphatic heterocycles. The number of nitrogens with zero attached hydrogens (tertiary/aromatic N) is 4. The molecular formula is C26H24N4O5S. The van der Waals surface area contributed by atoms with Crippen LogP contribution in [-0.4, -0.2) is 38.9 Å². The van der Waals surface area contributed by atoms with Gasteiger partial charge in [-0.1, -0.05) is 31.5 Å². The normalized spacial score (nSPS) is 15.6. The molecule has 1 aliphatic rings. The van der Waals surface area contributed by atoms with Crippen LogP contribution >= 0.6 is 11.8 Å². The summed E-state index contributed by atoms with van der Waals surface area (Å²) in [7, 11) is 0. The smallest absolute Gasteiger partial charge is 0.247 e. The molecule has 9 nitrogen and oxygen atoms in total. The maximum absolute atomic E-state index is 13.2. The minimum absolute atomic E-state index is 0.0398. The highest BCUT2D eigenvalue weighted by Gasteiger charge is 2.41. The minimum atomic E-state index is -0.664. The molecule has 0 N–H and O–H groups in total. The van der Waals surface area contributed by atoms with Crippen molar-refractivity contribution in [2.45, 2.75) is 43.0 Å². The maximum Gasteiger partial charge on any atom is 0.247 e. The second kappa shape index (κ2) is 10.8. The molecule has 0 saturated carbocycles. The number of hydrogen-bond donors (Lipinski definition) is 0. The summed E-state index contributed by atoms with van der Waals surface area (Å²) in [4.78, 5) is 31.7. The van der Waals surface area contributed by atoms with E-state index < -0.39 is 5.25 Å². The number of ether oxygens (including phenoxy) is 1. The van der Waals surface area contributed by atoms with Gasteiger partial charge in [0.1, 0.15) is 16.7 Å². The van der Waals surface area contributed by atoms with Crippen LogP contribution in [0.4, 0.5) is 5.69 Å². The summed E-state index contributed by atoms with van der Waals surface area (Å²) in [5.74, 6) is 1.10. The molecule has 1 fully saturated rings. The standard InChI is InChI=1S/C26H24N4O5S/c1-2-3-4-13-33-18-11-9-17(10-12-18)30-22(31)16-21(25(30)32)36-26-27-23(19-7-5-14-34-19)24(28-29-26)20-8-6-15-35-20/h5-12,14-15,21H,2-4,13,16H2,1H3/t21-/m0/s1. The Morgan fingerprint density at radius 1 is 0.972 bits per heavy atom. The Balaban J connectivity index is 1.31. The average molecular weight is 505 g/mol. The number of carbonyl (C=O) groups is 2. The highest BCUT2D eigenvalue weighted by molar-refractivity contribution is 8.00. The molecule has 2 amide bonds. The van der Waals surface area contributed by atoms with E-state index in [9.17, 15) is 9.59 Å². The Morgan fingerprint density at radius 2 is 1.69 bits per heavy atom. The Bertz CT molecular complexity index is 1320. The van der Waals surface area contributed by atoms with E-state index >= 15 is 0 Å². The van der Waals surface area contributed by atoms with Crippen LogP contribution in [0.3, 0.4) is 0 Å².